The Morgan fingerprint density at radius 2 is 1.85 bits per heavy atom. The van der Waals surface area contributed by atoms with Gasteiger partial charge in [-0.05, 0) is 48.4 Å². The summed E-state index contributed by atoms with van der Waals surface area (Å²) in [5.74, 6) is 0.514. The SMILES string of the molecule is CN(C)S(=O)(=O)Cc1cccc(NC(=O)CCCOc2ccc(Br)cc2)c1. The van der Waals surface area contributed by atoms with Crippen LogP contribution in [-0.4, -0.2) is 39.3 Å². The third kappa shape index (κ3) is 7.32. The van der Waals surface area contributed by atoms with E-state index < -0.39 is 10.0 Å². The maximum absolute atomic E-state index is 12.1. The predicted molar refractivity (Wildman–Crippen MR) is 110 cm³/mol. The van der Waals surface area contributed by atoms with Gasteiger partial charge in [-0.15, -0.1) is 0 Å². The zero-order chi connectivity index (χ0) is 19.9. The second-order valence-corrected chi connectivity index (χ2v) is 9.29. The van der Waals surface area contributed by atoms with Crippen LogP contribution in [0.1, 0.15) is 18.4 Å². The molecule has 0 aromatic heterocycles. The van der Waals surface area contributed by atoms with E-state index in [2.05, 4.69) is 21.2 Å². The number of carbonyl (C=O) groups is 1. The number of sulfonamides is 1. The van der Waals surface area contributed by atoms with Crippen LogP contribution in [0.3, 0.4) is 0 Å². The lowest BCUT2D eigenvalue weighted by atomic mass is 10.2. The average molecular weight is 455 g/mol. The highest BCUT2D eigenvalue weighted by atomic mass is 79.9. The minimum absolute atomic E-state index is 0.106. The zero-order valence-corrected chi connectivity index (χ0v) is 17.7. The molecule has 0 bridgehead atoms. The van der Waals surface area contributed by atoms with Gasteiger partial charge in [0.2, 0.25) is 15.9 Å². The van der Waals surface area contributed by atoms with Gasteiger partial charge in [-0.25, -0.2) is 12.7 Å². The Balaban J connectivity index is 1.80. The third-order valence-corrected chi connectivity index (χ3v) is 6.09. The van der Waals surface area contributed by atoms with E-state index in [1.54, 1.807) is 24.3 Å². The maximum atomic E-state index is 12.1. The summed E-state index contributed by atoms with van der Waals surface area (Å²) in [6.07, 6.45) is 0.896. The third-order valence-electron chi connectivity index (χ3n) is 3.75. The van der Waals surface area contributed by atoms with Crippen LogP contribution in [0.5, 0.6) is 5.75 Å². The molecule has 0 unspecified atom stereocenters. The first-order chi connectivity index (χ1) is 12.8. The summed E-state index contributed by atoms with van der Waals surface area (Å²) in [7, 11) is -0.347. The molecule has 2 aromatic rings. The molecule has 8 heteroatoms. The smallest absolute Gasteiger partial charge is 0.224 e. The van der Waals surface area contributed by atoms with Crippen molar-refractivity contribution in [1.82, 2.24) is 4.31 Å². The second kappa shape index (κ2) is 9.87. The maximum Gasteiger partial charge on any atom is 0.224 e. The molecule has 1 N–H and O–H groups in total. The highest BCUT2D eigenvalue weighted by Crippen LogP contribution is 2.17. The summed E-state index contributed by atoms with van der Waals surface area (Å²) in [6.45, 7) is 0.441. The number of rotatable bonds is 9. The molecule has 146 valence electrons. The largest absolute Gasteiger partial charge is 0.494 e. The highest BCUT2D eigenvalue weighted by Gasteiger charge is 2.14. The van der Waals surface area contributed by atoms with E-state index in [-0.39, 0.29) is 11.7 Å². The van der Waals surface area contributed by atoms with E-state index in [1.165, 1.54) is 18.4 Å². The van der Waals surface area contributed by atoms with E-state index >= 15 is 0 Å². The molecule has 0 fully saturated rings. The number of carbonyl (C=O) groups excluding carboxylic acids is 1. The quantitative estimate of drug-likeness (QED) is 0.586. The highest BCUT2D eigenvalue weighted by molar-refractivity contribution is 9.10. The second-order valence-electron chi connectivity index (χ2n) is 6.19. The van der Waals surface area contributed by atoms with E-state index in [0.29, 0.717) is 30.7 Å². The number of ether oxygens (including phenoxy) is 1. The molecule has 0 radical (unpaired) electrons. The number of anilines is 1. The number of nitrogens with zero attached hydrogens (tertiary/aromatic N) is 1. The van der Waals surface area contributed by atoms with Gasteiger partial charge in [0.15, 0.2) is 0 Å². The van der Waals surface area contributed by atoms with Crippen molar-refractivity contribution in [2.75, 3.05) is 26.0 Å². The minimum atomic E-state index is -3.34. The van der Waals surface area contributed by atoms with Crippen molar-refractivity contribution in [1.29, 1.82) is 0 Å². The first-order valence-corrected chi connectivity index (χ1v) is 10.8. The number of hydrogen-bond acceptors (Lipinski definition) is 4. The van der Waals surface area contributed by atoms with Crippen molar-refractivity contribution >= 4 is 37.5 Å². The van der Waals surface area contributed by atoms with Crippen LogP contribution in [0, 0.1) is 0 Å². The molecule has 1 amide bonds. The molecule has 0 aliphatic heterocycles. The Kier molecular flexibility index (Phi) is 7.82. The van der Waals surface area contributed by atoms with Crippen LogP contribution in [-0.2, 0) is 20.6 Å². The Bertz CT molecular complexity index is 868. The molecule has 2 aromatic carbocycles. The van der Waals surface area contributed by atoms with Crippen molar-refractivity contribution in [2.45, 2.75) is 18.6 Å². The number of hydrogen-bond donors (Lipinski definition) is 1. The number of nitrogens with one attached hydrogen (secondary N) is 1. The molecule has 0 spiro atoms. The van der Waals surface area contributed by atoms with Gasteiger partial charge in [-0.3, -0.25) is 4.79 Å². The molecule has 0 heterocycles. The Morgan fingerprint density at radius 1 is 1.15 bits per heavy atom. The summed E-state index contributed by atoms with van der Waals surface area (Å²) in [6, 6.07) is 14.4. The van der Waals surface area contributed by atoms with Gasteiger partial charge in [0.05, 0.1) is 12.4 Å². The standard InChI is InChI=1S/C19H23BrN2O4S/c1-22(2)27(24,25)14-15-5-3-6-17(13-15)21-19(23)7-4-12-26-18-10-8-16(20)9-11-18/h3,5-6,8-11,13H,4,7,12,14H2,1-2H3,(H,21,23). The number of halogens is 1. The summed E-state index contributed by atoms with van der Waals surface area (Å²) in [4.78, 5) is 12.1. The van der Waals surface area contributed by atoms with Crippen LogP contribution >= 0.6 is 15.9 Å². The molecule has 0 saturated carbocycles. The normalized spacial score (nSPS) is 11.4. The minimum Gasteiger partial charge on any atom is -0.494 e. The van der Waals surface area contributed by atoms with Gasteiger partial charge >= 0.3 is 0 Å². The Morgan fingerprint density at radius 3 is 2.52 bits per heavy atom. The van der Waals surface area contributed by atoms with Crippen molar-refractivity contribution in [3.63, 3.8) is 0 Å². The molecule has 2 rings (SSSR count). The topological polar surface area (TPSA) is 75.7 Å². The van der Waals surface area contributed by atoms with Crippen LogP contribution in [0.25, 0.3) is 0 Å². The number of amides is 1. The fraction of sp³-hybridized carbons (Fsp3) is 0.316. The van der Waals surface area contributed by atoms with Crippen LogP contribution in [0.4, 0.5) is 5.69 Å². The van der Waals surface area contributed by atoms with Gasteiger partial charge in [0.25, 0.3) is 0 Å². The molecular formula is C19H23BrN2O4S. The van der Waals surface area contributed by atoms with Crippen molar-refractivity contribution in [2.24, 2.45) is 0 Å². The van der Waals surface area contributed by atoms with Crippen LogP contribution in [0.15, 0.2) is 53.0 Å². The van der Waals surface area contributed by atoms with Crippen molar-refractivity contribution in [3.8, 4) is 5.75 Å². The van der Waals surface area contributed by atoms with Crippen LogP contribution in [0.2, 0.25) is 0 Å². The fourth-order valence-corrected chi connectivity index (χ4v) is 3.38. The monoisotopic (exact) mass is 454 g/mol. The summed E-state index contributed by atoms with van der Waals surface area (Å²) < 4.78 is 31.7. The molecule has 0 atom stereocenters. The van der Waals surface area contributed by atoms with E-state index in [4.69, 9.17) is 4.74 Å². The average Bonchev–Trinajstić information content (AvgIpc) is 2.60. The van der Waals surface area contributed by atoms with Crippen molar-refractivity contribution < 1.29 is 17.9 Å². The van der Waals surface area contributed by atoms with Gasteiger partial charge in [0, 0.05) is 30.7 Å². The predicted octanol–water partition coefficient (Wildman–Crippen LogP) is 3.64. The first-order valence-electron chi connectivity index (χ1n) is 8.43. The van der Waals surface area contributed by atoms with Gasteiger partial charge in [-0.2, -0.15) is 0 Å². The van der Waals surface area contributed by atoms with Gasteiger partial charge in [-0.1, -0.05) is 28.1 Å². The lowest BCUT2D eigenvalue weighted by Gasteiger charge is -2.12. The van der Waals surface area contributed by atoms with Gasteiger partial charge < -0.3 is 10.1 Å². The summed E-state index contributed by atoms with van der Waals surface area (Å²) in [5.41, 5.74) is 1.21. The zero-order valence-electron chi connectivity index (χ0n) is 15.3. The molecule has 0 aliphatic carbocycles. The Labute approximate surface area is 168 Å². The summed E-state index contributed by atoms with van der Waals surface area (Å²) >= 11 is 3.36. The van der Waals surface area contributed by atoms with E-state index in [9.17, 15) is 13.2 Å². The molecule has 27 heavy (non-hydrogen) atoms. The fourth-order valence-electron chi connectivity index (χ4n) is 2.26. The first kappa shape index (κ1) is 21.4. The summed E-state index contributed by atoms with van der Waals surface area (Å²) in [5, 5.41) is 2.79. The van der Waals surface area contributed by atoms with E-state index in [1.807, 2.05) is 24.3 Å². The molecule has 0 saturated heterocycles. The molecule has 0 aliphatic rings. The Hall–Kier alpha value is -1.90. The van der Waals surface area contributed by atoms with Crippen molar-refractivity contribution in [3.05, 3.63) is 58.6 Å². The lowest BCUT2D eigenvalue weighted by Crippen LogP contribution is -2.23. The number of benzene rings is 2. The lowest BCUT2D eigenvalue weighted by molar-refractivity contribution is -0.116. The van der Waals surface area contributed by atoms with E-state index in [0.717, 1.165) is 10.2 Å². The van der Waals surface area contributed by atoms with Crippen LogP contribution < -0.4 is 10.1 Å². The van der Waals surface area contributed by atoms with Gasteiger partial charge in [0.1, 0.15) is 5.75 Å². The molecule has 6 nitrogen and oxygen atoms in total. The molecular weight excluding hydrogens is 432 g/mol.